The number of carboxylic acid groups (broad SMARTS) is 1. The molecule has 1 N–H and O–H groups in total. The maximum absolute atomic E-state index is 12.6. The molecule has 0 saturated carbocycles. The zero-order valence-electron chi connectivity index (χ0n) is 12.3. The average Bonchev–Trinajstić information content (AvgIpc) is 3.03. The van der Waals surface area contributed by atoms with Crippen molar-refractivity contribution in [1.82, 2.24) is 8.87 Å². The predicted molar refractivity (Wildman–Crippen MR) is 75.8 cm³/mol. The summed E-state index contributed by atoms with van der Waals surface area (Å²) < 4.78 is 33.4. The minimum atomic E-state index is -3.73. The van der Waals surface area contributed by atoms with Gasteiger partial charge in [0.1, 0.15) is 10.6 Å². The summed E-state index contributed by atoms with van der Waals surface area (Å²) in [5.41, 5.74) is -0.0276. The molecule has 0 aliphatic carbocycles. The van der Waals surface area contributed by atoms with Crippen LogP contribution in [0.5, 0.6) is 0 Å². The molecule has 1 saturated heterocycles. The van der Waals surface area contributed by atoms with Gasteiger partial charge in [0.15, 0.2) is 0 Å². The molecule has 1 aromatic heterocycles. The molecule has 1 aliphatic heterocycles. The summed E-state index contributed by atoms with van der Waals surface area (Å²) in [6.07, 6.45) is 1.84. The fourth-order valence-corrected chi connectivity index (χ4v) is 4.09. The van der Waals surface area contributed by atoms with E-state index >= 15 is 0 Å². The Balaban J connectivity index is 2.37. The minimum Gasteiger partial charge on any atom is -0.477 e. The molecule has 0 aromatic carbocycles. The van der Waals surface area contributed by atoms with E-state index in [0.717, 1.165) is 0 Å². The van der Waals surface area contributed by atoms with E-state index in [4.69, 9.17) is 9.84 Å². The van der Waals surface area contributed by atoms with Gasteiger partial charge in [-0.25, -0.2) is 13.2 Å². The van der Waals surface area contributed by atoms with Crippen molar-refractivity contribution in [1.29, 1.82) is 0 Å². The summed E-state index contributed by atoms with van der Waals surface area (Å²) >= 11 is 0. The van der Waals surface area contributed by atoms with E-state index in [0.29, 0.717) is 19.6 Å². The first kappa shape index (κ1) is 16.0. The fraction of sp³-hybridized carbons (Fsp3) is 0.615. The number of hydrogen-bond acceptors (Lipinski definition) is 4. The predicted octanol–water partition coefficient (Wildman–Crippen LogP) is 1.00. The second-order valence-corrected chi connectivity index (χ2v) is 7.10. The van der Waals surface area contributed by atoms with Crippen LogP contribution in [0.4, 0.5) is 0 Å². The van der Waals surface area contributed by atoms with E-state index in [9.17, 15) is 13.2 Å². The molecule has 0 radical (unpaired) electrons. The van der Waals surface area contributed by atoms with Crippen LogP contribution in [0.1, 0.15) is 30.8 Å². The molecule has 7 nitrogen and oxygen atoms in total. The van der Waals surface area contributed by atoms with E-state index in [1.54, 1.807) is 6.92 Å². The van der Waals surface area contributed by atoms with Crippen LogP contribution in [-0.4, -0.2) is 54.2 Å². The molecule has 1 aliphatic rings. The Labute approximate surface area is 124 Å². The zero-order valence-corrected chi connectivity index (χ0v) is 13.1. The van der Waals surface area contributed by atoms with Gasteiger partial charge in [-0.2, -0.15) is 4.31 Å². The molecule has 0 amide bonds. The first-order valence-electron chi connectivity index (χ1n) is 6.82. The lowest BCUT2D eigenvalue weighted by Crippen LogP contribution is -2.40. The average molecular weight is 316 g/mol. The Morgan fingerprint density at radius 2 is 2.24 bits per heavy atom. The molecule has 2 atom stereocenters. The third-order valence-electron chi connectivity index (χ3n) is 3.91. The minimum absolute atomic E-state index is 0.00310. The standard InChI is InChI=1S/C13H20N2O5S/c1-4-15-8-10(7-12(15)13(16)17)21(18,19)14(3)11-5-6-20-9(11)2/h7-9,11H,4-6H2,1-3H3,(H,16,17). The van der Waals surface area contributed by atoms with Crippen LogP contribution in [0.2, 0.25) is 0 Å². The fourth-order valence-electron chi connectivity index (χ4n) is 2.61. The van der Waals surface area contributed by atoms with Gasteiger partial charge >= 0.3 is 5.97 Å². The SMILES string of the molecule is CCn1cc(S(=O)(=O)N(C)C2CCOC2C)cc1C(=O)O. The summed E-state index contributed by atoms with van der Waals surface area (Å²) in [6, 6.07) is 0.978. The van der Waals surface area contributed by atoms with Crippen molar-refractivity contribution in [3.63, 3.8) is 0 Å². The largest absolute Gasteiger partial charge is 0.477 e. The van der Waals surface area contributed by atoms with Gasteiger partial charge in [-0.05, 0) is 26.3 Å². The van der Waals surface area contributed by atoms with Crippen molar-refractivity contribution in [2.45, 2.75) is 43.9 Å². The van der Waals surface area contributed by atoms with Gasteiger partial charge < -0.3 is 14.4 Å². The maximum atomic E-state index is 12.6. The van der Waals surface area contributed by atoms with E-state index in [1.807, 2.05) is 6.92 Å². The second kappa shape index (κ2) is 5.78. The molecule has 0 spiro atoms. The molecule has 118 valence electrons. The van der Waals surface area contributed by atoms with Crippen LogP contribution in [0, 0.1) is 0 Å². The number of aromatic nitrogens is 1. The molecular weight excluding hydrogens is 296 g/mol. The van der Waals surface area contributed by atoms with Gasteiger partial charge in [0.2, 0.25) is 10.0 Å². The normalized spacial score (nSPS) is 22.9. The van der Waals surface area contributed by atoms with Gasteiger partial charge in [0, 0.05) is 26.4 Å². The van der Waals surface area contributed by atoms with Gasteiger partial charge in [-0.15, -0.1) is 0 Å². The van der Waals surface area contributed by atoms with E-state index in [2.05, 4.69) is 0 Å². The highest BCUT2D eigenvalue weighted by Gasteiger charge is 2.36. The number of hydrogen-bond donors (Lipinski definition) is 1. The number of aryl methyl sites for hydroxylation is 1. The van der Waals surface area contributed by atoms with Gasteiger partial charge in [0.05, 0.1) is 12.1 Å². The lowest BCUT2D eigenvalue weighted by molar-refractivity contribution is 0.0685. The molecule has 2 rings (SSSR count). The second-order valence-electron chi connectivity index (χ2n) is 5.11. The molecular formula is C13H20N2O5S. The van der Waals surface area contributed by atoms with Crippen molar-refractivity contribution < 1.29 is 23.1 Å². The molecule has 21 heavy (non-hydrogen) atoms. The number of aromatic carboxylic acids is 1. The third-order valence-corrected chi connectivity index (χ3v) is 5.76. The lowest BCUT2D eigenvalue weighted by Gasteiger charge is -2.25. The van der Waals surface area contributed by atoms with Crippen LogP contribution in [0.25, 0.3) is 0 Å². The smallest absolute Gasteiger partial charge is 0.352 e. The first-order chi connectivity index (χ1) is 9.78. The molecule has 1 fully saturated rings. The van der Waals surface area contributed by atoms with Crippen molar-refractivity contribution in [3.8, 4) is 0 Å². The Morgan fingerprint density at radius 3 is 2.67 bits per heavy atom. The van der Waals surface area contributed by atoms with Crippen LogP contribution in [0.3, 0.4) is 0 Å². The summed E-state index contributed by atoms with van der Waals surface area (Å²) in [6.45, 7) is 4.52. The molecule has 0 bridgehead atoms. The highest BCUT2D eigenvalue weighted by Crippen LogP contribution is 2.26. The zero-order chi connectivity index (χ0) is 15.8. The van der Waals surface area contributed by atoms with Crippen molar-refractivity contribution in [3.05, 3.63) is 18.0 Å². The number of carbonyl (C=O) groups is 1. The molecule has 8 heteroatoms. The Bertz CT molecular complexity index is 637. The highest BCUT2D eigenvalue weighted by molar-refractivity contribution is 7.89. The number of ether oxygens (including phenoxy) is 1. The Hall–Kier alpha value is -1.38. The highest BCUT2D eigenvalue weighted by atomic mass is 32.2. The first-order valence-corrected chi connectivity index (χ1v) is 8.26. The number of sulfonamides is 1. The molecule has 2 unspecified atom stereocenters. The number of carboxylic acids is 1. The maximum Gasteiger partial charge on any atom is 0.352 e. The molecule has 2 heterocycles. The van der Waals surface area contributed by atoms with E-state index < -0.39 is 16.0 Å². The summed E-state index contributed by atoms with van der Waals surface area (Å²) in [5, 5.41) is 9.12. The monoisotopic (exact) mass is 316 g/mol. The lowest BCUT2D eigenvalue weighted by atomic mass is 10.2. The van der Waals surface area contributed by atoms with Gasteiger partial charge in [-0.1, -0.05) is 0 Å². The summed E-state index contributed by atoms with van der Waals surface area (Å²) in [4.78, 5) is 11.2. The van der Waals surface area contributed by atoms with Crippen LogP contribution < -0.4 is 0 Å². The number of rotatable bonds is 5. The molecule has 1 aromatic rings. The van der Waals surface area contributed by atoms with E-state index in [-0.39, 0.29) is 22.7 Å². The van der Waals surface area contributed by atoms with Crippen LogP contribution >= 0.6 is 0 Å². The Morgan fingerprint density at radius 1 is 1.57 bits per heavy atom. The van der Waals surface area contributed by atoms with Crippen molar-refractivity contribution >= 4 is 16.0 Å². The topological polar surface area (TPSA) is 88.8 Å². The summed E-state index contributed by atoms with van der Waals surface area (Å²) in [7, 11) is -2.22. The quantitative estimate of drug-likeness (QED) is 0.875. The summed E-state index contributed by atoms with van der Waals surface area (Å²) in [5.74, 6) is -1.14. The Kier molecular flexibility index (Phi) is 4.40. The van der Waals surface area contributed by atoms with Crippen LogP contribution in [0.15, 0.2) is 17.2 Å². The third kappa shape index (κ3) is 2.83. The van der Waals surface area contributed by atoms with Gasteiger partial charge in [0.25, 0.3) is 0 Å². The van der Waals surface area contributed by atoms with E-state index in [1.165, 1.54) is 28.2 Å². The van der Waals surface area contributed by atoms with Gasteiger partial charge in [-0.3, -0.25) is 0 Å². The number of likely N-dealkylation sites (N-methyl/N-ethyl adjacent to an activating group) is 1. The van der Waals surface area contributed by atoms with Crippen molar-refractivity contribution in [2.24, 2.45) is 0 Å². The number of nitrogens with zero attached hydrogens (tertiary/aromatic N) is 2. The van der Waals surface area contributed by atoms with Crippen molar-refractivity contribution in [2.75, 3.05) is 13.7 Å². The van der Waals surface area contributed by atoms with Crippen LogP contribution in [-0.2, 0) is 21.3 Å².